The van der Waals surface area contributed by atoms with Crippen molar-refractivity contribution >= 4 is 11.9 Å². The molecule has 0 aromatic heterocycles. The number of carboxylic acid groups (broad SMARTS) is 1. The fourth-order valence-corrected chi connectivity index (χ4v) is 2.55. The molecule has 2 N–H and O–H groups in total. The van der Waals surface area contributed by atoms with Crippen LogP contribution in [0.25, 0.3) is 0 Å². The van der Waals surface area contributed by atoms with Gasteiger partial charge in [0.2, 0.25) is 5.91 Å². The summed E-state index contributed by atoms with van der Waals surface area (Å²) in [7, 11) is 0. The number of alkyl halides is 3. The van der Waals surface area contributed by atoms with Gasteiger partial charge in [-0.25, -0.2) is 0 Å². The van der Waals surface area contributed by atoms with Gasteiger partial charge in [-0.2, -0.15) is 13.2 Å². The minimum atomic E-state index is -4.42. The molecule has 1 aromatic carbocycles. The van der Waals surface area contributed by atoms with Crippen LogP contribution in [0.4, 0.5) is 13.2 Å². The maximum Gasteiger partial charge on any atom is 0.422 e. The van der Waals surface area contributed by atoms with Gasteiger partial charge in [-0.05, 0) is 30.5 Å². The van der Waals surface area contributed by atoms with Crippen LogP contribution in [0.15, 0.2) is 24.3 Å². The molecule has 132 valence electrons. The van der Waals surface area contributed by atoms with E-state index in [1.807, 2.05) is 0 Å². The zero-order chi connectivity index (χ0) is 17.8. The Morgan fingerprint density at radius 3 is 2.54 bits per heavy atom. The lowest BCUT2D eigenvalue weighted by Gasteiger charge is -2.36. The zero-order valence-electron chi connectivity index (χ0n) is 12.9. The Balaban J connectivity index is 1.85. The summed E-state index contributed by atoms with van der Waals surface area (Å²) < 4.78 is 41.0. The van der Waals surface area contributed by atoms with Gasteiger partial charge < -0.3 is 15.2 Å². The minimum absolute atomic E-state index is 0.0556. The van der Waals surface area contributed by atoms with Gasteiger partial charge in [0.05, 0.1) is 5.41 Å². The average molecular weight is 345 g/mol. The maximum absolute atomic E-state index is 12.1. The van der Waals surface area contributed by atoms with Crippen molar-refractivity contribution in [1.82, 2.24) is 5.32 Å². The van der Waals surface area contributed by atoms with E-state index in [1.54, 1.807) is 6.07 Å². The quantitative estimate of drug-likeness (QED) is 0.797. The Morgan fingerprint density at radius 1 is 1.29 bits per heavy atom. The molecule has 0 atom stereocenters. The van der Waals surface area contributed by atoms with Gasteiger partial charge >= 0.3 is 12.1 Å². The van der Waals surface area contributed by atoms with Crippen LogP contribution in [0.2, 0.25) is 0 Å². The smallest absolute Gasteiger partial charge is 0.422 e. The number of hydrogen-bond donors (Lipinski definition) is 2. The number of rotatable bonds is 7. The second-order valence-corrected chi connectivity index (χ2v) is 5.94. The van der Waals surface area contributed by atoms with Gasteiger partial charge in [0.25, 0.3) is 0 Å². The van der Waals surface area contributed by atoms with E-state index in [4.69, 9.17) is 0 Å². The summed E-state index contributed by atoms with van der Waals surface area (Å²) in [5, 5.41) is 11.8. The number of hydrogen-bond acceptors (Lipinski definition) is 3. The summed E-state index contributed by atoms with van der Waals surface area (Å²) in [5.74, 6) is -1.30. The number of nitrogens with one attached hydrogen (secondary N) is 1. The van der Waals surface area contributed by atoms with Crippen molar-refractivity contribution < 1.29 is 32.6 Å². The predicted octanol–water partition coefficient (Wildman–Crippen LogP) is 2.89. The van der Waals surface area contributed by atoms with Crippen LogP contribution in [-0.4, -0.2) is 29.8 Å². The molecule has 0 saturated heterocycles. The molecule has 1 amide bonds. The molecule has 2 rings (SSSR count). The van der Waals surface area contributed by atoms with Gasteiger partial charge in [-0.3, -0.25) is 9.59 Å². The number of amides is 1. The van der Waals surface area contributed by atoms with Crippen molar-refractivity contribution in [1.29, 1.82) is 0 Å². The van der Waals surface area contributed by atoms with E-state index in [-0.39, 0.29) is 18.7 Å². The van der Waals surface area contributed by atoms with Crippen LogP contribution in [0.1, 0.15) is 31.2 Å². The summed E-state index contributed by atoms with van der Waals surface area (Å²) in [6, 6.07) is 5.96. The fourth-order valence-electron chi connectivity index (χ4n) is 2.55. The lowest BCUT2D eigenvalue weighted by atomic mass is 9.66. The molecule has 0 heterocycles. The number of halogens is 3. The van der Waals surface area contributed by atoms with Crippen molar-refractivity contribution in [3.05, 3.63) is 29.8 Å². The molecular weight excluding hydrogens is 327 g/mol. The Morgan fingerprint density at radius 2 is 2.00 bits per heavy atom. The molecule has 24 heavy (non-hydrogen) atoms. The van der Waals surface area contributed by atoms with Crippen molar-refractivity contribution in [3.63, 3.8) is 0 Å². The second kappa shape index (κ2) is 7.11. The SMILES string of the molecule is O=C(CC1(C(=O)O)CCC1)NCc1cccc(OCC(F)(F)F)c1. The van der Waals surface area contributed by atoms with Gasteiger partial charge in [0.1, 0.15) is 5.75 Å². The summed E-state index contributed by atoms with van der Waals surface area (Å²) >= 11 is 0. The Kier molecular flexibility index (Phi) is 5.36. The highest BCUT2D eigenvalue weighted by Gasteiger charge is 2.45. The molecule has 8 heteroatoms. The molecule has 0 aliphatic heterocycles. The van der Waals surface area contributed by atoms with Gasteiger partial charge in [-0.1, -0.05) is 18.6 Å². The van der Waals surface area contributed by atoms with Crippen LogP contribution in [0.5, 0.6) is 5.75 Å². The Bertz CT molecular complexity index is 612. The second-order valence-electron chi connectivity index (χ2n) is 5.94. The first-order chi connectivity index (χ1) is 11.2. The van der Waals surface area contributed by atoms with E-state index in [0.29, 0.717) is 18.4 Å². The molecule has 1 fully saturated rings. The van der Waals surface area contributed by atoms with Gasteiger partial charge in [-0.15, -0.1) is 0 Å². The lowest BCUT2D eigenvalue weighted by molar-refractivity contribution is -0.157. The highest BCUT2D eigenvalue weighted by molar-refractivity contribution is 5.85. The highest BCUT2D eigenvalue weighted by Crippen LogP contribution is 2.44. The average Bonchev–Trinajstić information content (AvgIpc) is 2.46. The largest absolute Gasteiger partial charge is 0.484 e. The summed E-state index contributed by atoms with van der Waals surface area (Å²) in [6.45, 7) is -1.29. The molecule has 0 bridgehead atoms. The topological polar surface area (TPSA) is 75.6 Å². The van der Waals surface area contributed by atoms with E-state index < -0.39 is 30.1 Å². The monoisotopic (exact) mass is 345 g/mol. The normalized spacial score (nSPS) is 16.1. The molecule has 0 radical (unpaired) electrons. The first kappa shape index (κ1) is 18.1. The molecule has 0 spiro atoms. The number of ether oxygens (including phenoxy) is 1. The summed E-state index contributed by atoms with van der Waals surface area (Å²) in [6.07, 6.45) is -2.75. The Hall–Kier alpha value is -2.25. The number of benzene rings is 1. The van der Waals surface area contributed by atoms with Crippen LogP contribution in [0, 0.1) is 5.41 Å². The molecule has 0 unspecified atom stereocenters. The van der Waals surface area contributed by atoms with E-state index >= 15 is 0 Å². The van der Waals surface area contributed by atoms with Gasteiger partial charge in [0.15, 0.2) is 6.61 Å². The van der Waals surface area contributed by atoms with Crippen LogP contribution >= 0.6 is 0 Å². The van der Waals surface area contributed by atoms with Crippen molar-refractivity contribution in [2.24, 2.45) is 5.41 Å². The van der Waals surface area contributed by atoms with Gasteiger partial charge in [0, 0.05) is 13.0 Å². The van der Waals surface area contributed by atoms with Crippen LogP contribution in [-0.2, 0) is 16.1 Å². The number of carbonyl (C=O) groups excluding carboxylic acids is 1. The molecule has 1 aromatic rings. The summed E-state index contributed by atoms with van der Waals surface area (Å²) in [5.41, 5.74) is -0.400. The van der Waals surface area contributed by atoms with Crippen LogP contribution in [0.3, 0.4) is 0 Å². The number of carbonyl (C=O) groups is 2. The molecule has 1 aliphatic carbocycles. The van der Waals surface area contributed by atoms with E-state index in [1.165, 1.54) is 18.2 Å². The van der Waals surface area contributed by atoms with Crippen molar-refractivity contribution in [3.8, 4) is 5.75 Å². The van der Waals surface area contributed by atoms with E-state index in [0.717, 1.165) is 6.42 Å². The van der Waals surface area contributed by atoms with Crippen LogP contribution < -0.4 is 10.1 Å². The highest BCUT2D eigenvalue weighted by atomic mass is 19.4. The molecule has 1 saturated carbocycles. The maximum atomic E-state index is 12.1. The molecule has 1 aliphatic rings. The van der Waals surface area contributed by atoms with Crippen molar-refractivity contribution in [2.75, 3.05) is 6.61 Å². The standard InChI is InChI=1S/C16H18F3NO4/c17-16(18,19)10-24-12-4-1-3-11(7-12)9-20-13(21)8-15(14(22)23)5-2-6-15/h1,3-4,7H,2,5-6,8-10H2,(H,20,21)(H,22,23). The third kappa shape index (κ3) is 4.87. The summed E-state index contributed by atoms with van der Waals surface area (Å²) in [4.78, 5) is 23.1. The number of carboxylic acids is 1. The fraction of sp³-hybridized carbons (Fsp3) is 0.500. The van der Waals surface area contributed by atoms with Crippen molar-refractivity contribution in [2.45, 2.75) is 38.4 Å². The first-order valence-corrected chi connectivity index (χ1v) is 7.49. The molecular formula is C16H18F3NO4. The third-order valence-electron chi connectivity index (χ3n) is 4.05. The zero-order valence-corrected chi connectivity index (χ0v) is 12.9. The minimum Gasteiger partial charge on any atom is -0.484 e. The molecule has 5 nitrogen and oxygen atoms in total. The Labute approximate surface area is 136 Å². The van der Waals surface area contributed by atoms with E-state index in [2.05, 4.69) is 10.1 Å². The lowest BCUT2D eigenvalue weighted by Crippen LogP contribution is -2.42. The predicted molar refractivity (Wildman–Crippen MR) is 78.4 cm³/mol. The number of aliphatic carboxylic acids is 1. The van der Waals surface area contributed by atoms with E-state index in [9.17, 15) is 27.9 Å². The third-order valence-corrected chi connectivity index (χ3v) is 4.05. The first-order valence-electron chi connectivity index (χ1n) is 7.49.